The molecule has 0 spiro atoms. The minimum absolute atomic E-state index is 0.0510. The van der Waals surface area contributed by atoms with Gasteiger partial charge in [0.15, 0.2) is 0 Å². The van der Waals surface area contributed by atoms with Crippen molar-refractivity contribution in [2.24, 2.45) is 0 Å². The lowest BCUT2D eigenvalue weighted by molar-refractivity contribution is 0.0542. The summed E-state index contributed by atoms with van der Waals surface area (Å²) in [4.78, 5) is 3.77. The van der Waals surface area contributed by atoms with Crippen LogP contribution < -0.4 is 4.74 Å². The van der Waals surface area contributed by atoms with E-state index in [0.717, 1.165) is 6.20 Å². The van der Waals surface area contributed by atoms with Crippen molar-refractivity contribution in [1.29, 1.82) is 0 Å². The van der Waals surface area contributed by atoms with Gasteiger partial charge in [-0.25, -0.2) is 13.4 Å². The van der Waals surface area contributed by atoms with Crippen LogP contribution in [0.4, 0.5) is 0 Å². The first kappa shape index (κ1) is 14.2. The highest BCUT2D eigenvalue weighted by Gasteiger charge is 2.10. The van der Waals surface area contributed by atoms with Gasteiger partial charge in [0, 0.05) is 16.7 Å². The lowest BCUT2D eigenvalue weighted by atomic mass is 10.5. The van der Waals surface area contributed by atoms with E-state index in [0.29, 0.717) is 19.1 Å². The number of pyridine rings is 1. The predicted octanol–water partition coefficient (Wildman–Crippen LogP) is 1.81. The van der Waals surface area contributed by atoms with Gasteiger partial charge in [0.25, 0.3) is 9.05 Å². The molecule has 0 amide bonds. The van der Waals surface area contributed by atoms with E-state index in [1.54, 1.807) is 0 Å². The second kappa shape index (κ2) is 6.18. The molecule has 0 aliphatic carbocycles. The van der Waals surface area contributed by atoms with Gasteiger partial charge in [0.1, 0.15) is 11.5 Å². The van der Waals surface area contributed by atoms with Crippen LogP contribution in [0.15, 0.2) is 23.2 Å². The predicted molar refractivity (Wildman–Crippen MR) is 63.9 cm³/mol. The van der Waals surface area contributed by atoms with Gasteiger partial charge >= 0.3 is 0 Å². The van der Waals surface area contributed by atoms with Crippen LogP contribution in [0.2, 0.25) is 0 Å². The second-order valence-corrected chi connectivity index (χ2v) is 6.10. The molecule has 0 radical (unpaired) electrons. The van der Waals surface area contributed by atoms with E-state index < -0.39 is 9.05 Å². The molecule has 0 aliphatic rings. The Balaban J connectivity index is 2.46. The summed E-state index contributed by atoms with van der Waals surface area (Å²) in [6.45, 7) is 4.67. The Kier molecular flexibility index (Phi) is 5.17. The Bertz CT molecular complexity index is 444. The maximum Gasteiger partial charge on any atom is 0.262 e. The van der Waals surface area contributed by atoms with Crippen molar-refractivity contribution in [3.63, 3.8) is 0 Å². The third kappa shape index (κ3) is 5.34. The zero-order valence-corrected chi connectivity index (χ0v) is 11.2. The van der Waals surface area contributed by atoms with Gasteiger partial charge in [-0.1, -0.05) is 0 Å². The first-order valence-electron chi connectivity index (χ1n) is 5.04. The molecule has 0 atom stereocenters. The summed E-state index contributed by atoms with van der Waals surface area (Å²) >= 11 is 0. The van der Waals surface area contributed by atoms with E-state index >= 15 is 0 Å². The molecule has 1 rings (SSSR count). The van der Waals surface area contributed by atoms with Crippen molar-refractivity contribution >= 4 is 19.7 Å². The largest absolute Gasteiger partial charge is 0.475 e. The van der Waals surface area contributed by atoms with Crippen LogP contribution in [0.25, 0.3) is 0 Å². The summed E-state index contributed by atoms with van der Waals surface area (Å²) in [7, 11) is 1.42. The number of rotatable bonds is 6. The number of aromatic nitrogens is 1. The molecule has 0 aromatic carbocycles. The normalized spacial score (nSPS) is 11.8. The highest BCUT2D eigenvalue weighted by molar-refractivity contribution is 8.13. The molecule has 1 aromatic heterocycles. The van der Waals surface area contributed by atoms with Crippen LogP contribution >= 0.6 is 10.7 Å². The van der Waals surface area contributed by atoms with Gasteiger partial charge in [-0.3, -0.25) is 0 Å². The van der Waals surface area contributed by atoms with Crippen LogP contribution in [0.3, 0.4) is 0 Å². The molecule has 1 heterocycles. The van der Waals surface area contributed by atoms with E-state index in [1.165, 1.54) is 12.1 Å². The molecule has 7 heteroatoms. The molecule has 0 fully saturated rings. The van der Waals surface area contributed by atoms with E-state index in [-0.39, 0.29) is 11.0 Å². The first-order chi connectivity index (χ1) is 7.89. The molecule has 0 unspecified atom stereocenters. The minimum atomic E-state index is -3.73. The molecule has 17 heavy (non-hydrogen) atoms. The standard InChI is InChI=1S/C10H14ClNO4S/c1-8(2)15-5-6-16-10-4-3-9(7-12-10)17(11,13)14/h3-4,7-8H,5-6H2,1-2H3. The summed E-state index contributed by atoms with van der Waals surface area (Å²) in [6, 6.07) is 2.79. The molecule has 0 aliphatic heterocycles. The van der Waals surface area contributed by atoms with Crippen LogP contribution in [0.5, 0.6) is 5.88 Å². The van der Waals surface area contributed by atoms with Crippen molar-refractivity contribution < 1.29 is 17.9 Å². The monoisotopic (exact) mass is 279 g/mol. The van der Waals surface area contributed by atoms with Crippen molar-refractivity contribution in [1.82, 2.24) is 4.98 Å². The quantitative estimate of drug-likeness (QED) is 0.587. The average Bonchev–Trinajstić information content (AvgIpc) is 2.23. The topological polar surface area (TPSA) is 65.5 Å². The Morgan fingerprint density at radius 1 is 1.35 bits per heavy atom. The van der Waals surface area contributed by atoms with Gasteiger partial charge in [-0.2, -0.15) is 0 Å². The zero-order valence-electron chi connectivity index (χ0n) is 9.59. The molecular weight excluding hydrogens is 266 g/mol. The highest BCUT2D eigenvalue weighted by atomic mass is 35.7. The molecular formula is C10H14ClNO4S. The smallest absolute Gasteiger partial charge is 0.262 e. The lowest BCUT2D eigenvalue weighted by Gasteiger charge is -2.08. The van der Waals surface area contributed by atoms with Crippen molar-refractivity contribution in [3.8, 4) is 5.88 Å². The number of hydrogen-bond acceptors (Lipinski definition) is 5. The first-order valence-corrected chi connectivity index (χ1v) is 7.35. The lowest BCUT2D eigenvalue weighted by Crippen LogP contribution is -2.11. The van der Waals surface area contributed by atoms with Gasteiger partial charge < -0.3 is 9.47 Å². The third-order valence-corrected chi connectivity index (χ3v) is 3.11. The van der Waals surface area contributed by atoms with E-state index in [9.17, 15) is 8.42 Å². The SMILES string of the molecule is CC(C)OCCOc1ccc(S(=O)(=O)Cl)cn1. The third-order valence-electron chi connectivity index (χ3n) is 1.78. The summed E-state index contributed by atoms with van der Waals surface area (Å²) in [6.07, 6.45) is 1.30. The fourth-order valence-corrected chi connectivity index (χ4v) is 1.71. The Labute approximate surface area is 105 Å². The van der Waals surface area contributed by atoms with E-state index in [2.05, 4.69) is 4.98 Å². The minimum Gasteiger partial charge on any atom is -0.475 e. The summed E-state index contributed by atoms with van der Waals surface area (Å²) in [5.74, 6) is 0.335. The molecule has 5 nitrogen and oxygen atoms in total. The maximum absolute atomic E-state index is 10.9. The Morgan fingerprint density at radius 2 is 2.06 bits per heavy atom. The molecule has 0 saturated carbocycles. The molecule has 1 aromatic rings. The summed E-state index contributed by atoms with van der Waals surface area (Å²) in [5, 5.41) is 0. The average molecular weight is 280 g/mol. The van der Waals surface area contributed by atoms with Gasteiger partial charge in [0.05, 0.1) is 18.9 Å². The van der Waals surface area contributed by atoms with Crippen molar-refractivity contribution in [3.05, 3.63) is 18.3 Å². The highest BCUT2D eigenvalue weighted by Crippen LogP contribution is 2.15. The van der Waals surface area contributed by atoms with Crippen LogP contribution in [-0.2, 0) is 13.8 Å². The van der Waals surface area contributed by atoms with Crippen LogP contribution in [0.1, 0.15) is 13.8 Å². The molecule has 96 valence electrons. The maximum atomic E-state index is 10.9. The number of ether oxygens (including phenoxy) is 2. The number of nitrogens with zero attached hydrogens (tertiary/aromatic N) is 1. The molecule has 0 N–H and O–H groups in total. The second-order valence-electron chi connectivity index (χ2n) is 3.54. The van der Waals surface area contributed by atoms with Crippen LogP contribution in [-0.4, -0.2) is 32.7 Å². The van der Waals surface area contributed by atoms with Crippen molar-refractivity contribution in [2.45, 2.75) is 24.8 Å². The molecule has 0 saturated heterocycles. The summed E-state index contributed by atoms with van der Waals surface area (Å²) < 4.78 is 32.4. The van der Waals surface area contributed by atoms with Gasteiger partial charge in [-0.15, -0.1) is 0 Å². The van der Waals surface area contributed by atoms with E-state index in [1.807, 2.05) is 13.8 Å². The fourth-order valence-electron chi connectivity index (χ4n) is 1.03. The van der Waals surface area contributed by atoms with Crippen molar-refractivity contribution in [2.75, 3.05) is 13.2 Å². The Hall–Kier alpha value is -0.850. The van der Waals surface area contributed by atoms with Crippen LogP contribution in [0, 0.1) is 0 Å². The van der Waals surface area contributed by atoms with Gasteiger partial charge in [0.2, 0.25) is 5.88 Å². The zero-order chi connectivity index (χ0) is 12.9. The van der Waals surface area contributed by atoms with Gasteiger partial charge in [-0.05, 0) is 19.9 Å². The number of halogens is 1. The summed E-state index contributed by atoms with van der Waals surface area (Å²) in [5.41, 5.74) is 0. The number of hydrogen-bond donors (Lipinski definition) is 0. The fraction of sp³-hybridized carbons (Fsp3) is 0.500. The Morgan fingerprint density at radius 3 is 2.53 bits per heavy atom. The van der Waals surface area contributed by atoms with E-state index in [4.69, 9.17) is 20.2 Å². The molecule has 0 bridgehead atoms.